The summed E-state index contributed by atoms with van der Waals surface area (Å²) in [6.07, 6.45) is 5.88. The van der Waals surface area contributed by atoms with Crippen LogP contribution in [0.5, 0.6) is 0 Å². The van der Waals surface area contributed by atoms with Crippen molar-refractivity contribution in [1.82, 2.24) is 4.57 Å². The van der Waals surface area contributed by atoms with Crippen LogP contribution in [-0.2, 0) is 9.59 Å². The number of benzene rings is 5. The molecule has 0 aliphatic carbocycles. The van der Waals surface area contributed by atoms with Gasteiger partial charge in [0.25, 0.3) is 5.91 Å². The van der Waals surface area contributed by atoms with E-state index in [0.717, 1.165) is 22.2 Å². The number of anilines is 1. The Labute approximate surface area is 257 Å². The van der Waals surface area contributed by atoms with Gasteiger partial charge in [-0.25, -0.2) is 4.90 Å². The molecule has 1 aromatic heterocycles. The van der Waals surface area contributed by atoms with Gasteiger partial charge in [0.2, 0.25) is 5.91 Å². The van der Waals surface area contributed by atoms with Gasteiger partial charge in [-0.15, -0.1) is 0 Å². The summed E-state index contributed by atoms with van der Waals surface area (Å²) in [5.74, 6) is -0.470. The highest BCUT2D eigenvalue weighted by molar-refractivity contribution is 6.28. The molecule has 5 aromatic carbocycles. The molecule has 6 aromatic rings. The Hall–Kier alpha value is -5.48. The number of rotatable bonds is 6. The van der Waals surface area contributed by atoms with Gasteiger partial charge in [0.1, 0.15) is 0 Å². The van der Waals surface area contributed by atoms with Crippen LogP contribution in [0.4, 0.5) is 5.69 Å². The molecule has 1 saturated heterocycles. The number of aromatic nitrogens is 1. The quantitative estimate of drug-likeness (QED) is 0.147. The Morgan fingerprint density at radius 1 is 0.659 bits per heavy atom. The Bertz CT molecular complexity index is 2100. The Balaban J connectivity index is 1.15. The van der Waals surface area contributed by atoms with Crippen molar-refractivity contribution >= 4 is 39.3 Å². The van der Waals surface area contributed by atoms with E-state index >= 15 is 0 Å². The fraction of sp³-hybridized carbons (Fsp3) is 0.100. The minimum absolute atomic E-state index is 0.0212. The largest absolute Gasteiger partial charge is 0.334 e. The highest BCUT2D eigenvalue weighted by atomic mass is 16.2. The average molecular weight is 573 g/mol. The van der Waals surface area contributed by atoms with Crippen LogP contribution in [0.1, 0.15) is 24.9 Å². The predicted octanol–water partition coefficient (Wildman–Crippen LogP) is 9.44. The van der Waals surface area contributed by atoms with Crippen molar-refractivity contribution in [2.75, 3.05) is 4.90 Å². The third kappa shape index (κ3) is 4.95. The molecule has 7 rings (SSSR count). The fourth-order valence-corrected chi connectivity index (χ4v) is 6.26. The topological polar surface area (TPSA) is 42.3 Å². The maximum Gasteiger partial charge on any atom is 0.261 e. The second-order valence-corrected chi connectivity index (χ2v) is 11.4. The lowest BCUT2D eigenvalue weighted by molar-refractivity contribution is -0.120. The van der Waals surface area contributed by atoms with Gasteiger partial charge in [0, 0.05) is 33.4 Å². The molecule has 1 aliphatic heterocycles. The highest BCUT2D eigenvalue weighted by Crippen LogP contribution is 2.35. The molecule has 0 radical (unpaired) electrons. The molecular weight excluding hydrogens is 540 g/mol. The number of nitrogens with zero attached hydrogens (tertiary/aromatic N) is 2. The number of para-hydroxylation sites is 1. The molecule has 44 heavy (non-hydrogen) atoms. The van der Waals surface area contributed by atoms with E-state index in [0.29, 0.717) is 11.3 Å². The summed E-state index contributed by atoms with van der Waals surface area (Å²) in [6, 6.07) is 41.4. The number of hydrogen-bond donors (Lipinski definition) is 0. The number of hydrogen-bond acceptors (Lipinski definition) is 2. The van der Waals surface area contributed by atoms with Crippen LogP contribution in [0.2, 0.25) is 0 Å². The molecule has 214 valence electrons. The summed E-state index contributed by atoms with van der Waals surface area (Å²) in [5, 5.41) is 2.42. The van der Waals surface area contributed by atoms with Crippen LogP contribution in [0.3, 0.4) is 0 Å². The van der Waals surface area contributed by atoms with Crippen molar-refractivity contribution in [3.05, 3.63) is 151 Å². The molecule has 1 atom stereocenters. The molecule has 1 unspecified atom stereocenters. The van der Waals surface area contributed by atoms with Crippen molar-refractivity contribution in [3.8, 4) is 22.3 Å². The summed E-state index contributed by atoms with van der Waals surface area (Å²) in [4.78, 5) is 27.5. The van der Waals surface area contributed by atoms with Gasteiger partial charge in [-0.05, 0) is 66.4 Å². The smallest absolute Gasteiger partial charge is 0.261 e. The zero-order valence-electron chi connectivity index (χ0n) is 24.8. The van der Waals surface area contributed by atoms with E-state index < -0.39 is 0 Å². The standard InChI is InChI=1S/C40H32N2O2/c1-27-10-8-14-31(24-27)32-20-23-38-36(25-32)35-16-6-7-17-37(35)41(38)28(2)11-9-15-33-26-39(43)42(40(33)44)34-21-18-30(19-22-34)29-12-4-3-5-13-29/h3-25,28H,26H2,1-2H3/b11-9-,33-15+. The maximum absolute atomic E-state index is 13.3. The number of aryl methyl sites for hydroxylation is 1. The molecule has 0 N–H and O–H groups in total. The predicted molar refractivity (Wildman–Crippen MR) is 181 cm³/mol. The van der Waals surface area contributed by atoms with Crippen molar-refractivity contribution < 1.29 is 9.59 Å². The van der Waals surface area contributed by atoms with Crippen molar-refractivity contribution in [2.45, 2.75) is 26.3 Å². The molecule has 2 amide bonds. The molecule has 4 nitrogen and oxygen atoms in total. The Kier molecular flexibility index (Phi) is 7.03. The lowest BCUT2D eigenvalue weighted by Gasteiger charge is -2.14. The molecule has 1 aliphatic rings. The van der Waals surface area contributed by atoms with Gasteiger partial charge >= 0.3 is 0 Å². The minimum atomic E-state index is -0.264. The van der Waals surface area contributed by atoms with Crippen LogP contribution < -0.4 is 4.90 Å². The first kappa shape index (κ1) is 27.4. The second-order valence-electron chi connectivity index (χ2n) is 11.4. The SMILES string of the molecule is Cc1cccc(-c2ccc3c(c2)c2ccccc2n3C(C)/C=C\C=C2/CC(=O)N(c3ccc(-c4ccccc4)cc3)C2=O)c1. The Morgan fingerprint density at radius 2 is 1.32 bits per heavy atom. The first-order valence-corrected chi connectivity index (χ1v) is 15.0. The highest BCUT2D eigenvalue weighted by Gasteiger charge is 2.34. The summed E-state index contributed by atoms with van der Waals surface area (Å²) in [6.45, 7) is 4.27. The number of imide groups is 1. The van der Waals surface area contributed by atoms with E-state index in [1.54, 1.807) is 6.08 Å². The summed E-state index contributed by atoms with van der Waals surface area (Å²) < 4.78 is 2.34. The zero-order valence-corrected chi connectivity index (χ0v) is 24.8. The van der Waals surface area contributed by atoms with Crippen LogP contribution in [0, 0.1) is 6.92 Å². The Morgan fingerprint density at radius 3 is 2.11 bits per heavy atom. The average Bonchev–Trinajstić information content (AvgIpc) is 3.53. The molecule has 0 bridgehead atoms. The second kappa shape index (κ2) is 11.3. The van der Waals surface area contributed by atoms with E-state index in [1.807, 2.05) is 60.7 Å². The minimum Gasteiger partial charge on any atom is -0.334 e. The maximum atomic E-state index is 13.3. The third-order valence-electron chi connectivity index (χ3n) is 8.46. The van der Waals surface area contributed by atoms with Gasteiger partial charge in [-0.2, -0.15) is 0 Å². The van der Waals surface area contributed by atoms with E-state index in [-0.39, 0.29) is 24.3 Å². The van der Waals surface area contributed by atoms with Gasteiger partial charge < -0.3 is 4.57 Å². The number of amides is 2. The van der Waals surface area contributed by atoms with Crippen molar-refractivity contribution in [3.63, 3.8) is 0 Å². The van der Waals surface area contributed by atoms with Gasteiger partial charge in [-0.1, -0.05) is 115 Å². The van der Waals surface area contributed by atoms with Crippen LogP contribution in [0.15, 0.2) is 145 Å². The van der Waals surface area contributed by atoms with Crippen LogP contribution in [0.25, 0.3) is 44.1 Å². The zero-order chi connectivity index (χ0) is 30.2. The van der Waals surface area contributed by atoms with Crippen molar-refractivity contribution in [1.29, 1.82) is 0 Å². The summed E-state index contributed by atoms with van der Waals surface area (Å²) in [5.41, 5.74) is 9.18. The number of carbonyl (C=O) groups is 2. The van der Waals surface area contributed by atoms with Gasteiger partial charge in [0.15, 0.2) is 0 Å². The van der Waals surface area contributed by atoms with Crippen LogP contribution in [-0.4, -0.2) is 16.4 Å². The molecule has 0 saturated carbocycles. The van der Waals surface area contributed by atoms with E-state index in [9.17, 15) is 9.59 Å². The number of fused-ring (bicyclic) bond motifs is 3. The molecule has 2 heterocycles. The monoisotopic (exact) mass is 572 g/mol. The molecule has 4 heteroatoms. The third-order valence-corrected chi connectivity index (χ3v) is 8.46. The lowest BCUT2D eigenvalue weighted by atomic mass is 10.0. The molecule has 1 fully saturated rings. The fourth-order valence-electron chi connectivity index (χ4n) is 6.26. The first-order chi connectivity index (χ1) is 21.5. The summed E-state index contributed by atoms with van der Waals surface area (Å²) in [7, 11) is 0. The van der Waals surface area contributed by atoms with Gasteiger partial charge in [-0.3, -0.25) is 9.59 Å². The number of allylic oxidation sites excluding steroid dienone is 3. The molecular formula is C40H32N2O2. The number of carbonyl (C=O) groups excluding carboxylic acids is 2. The lowest BCUT2D eigenvalue weighted by Crippen LogP contribution is -2.28. The van der Waals surface area contributed by atoms with E-state index in [1.165, 1.54) is 32.4 Å². The van der Waals surface area contributed by atoms with Crippen molar-refractivity contribution in [2.24, 2.45) is 0 Å². The van der Waals surface area contributed by atoms with E-state index in [4.69, 9.17) is 0 Å². The summed E-state index contributed by atoms with van der Waals surface area (Å²) >= 11 is 0. The first-order valence-electron chi connectivity index (χ1n) is 15.0. The normalized spacial score (nSPS) is 15.3. The molecule has 0 spiro atoms. The van der Waals surface area contributed by atoms with Crippen LogP contribution >= 0.6 is 0 Å². The van der Waals surface area contributed by atoms with Gasteiger partial charge in [0.05, 0.1) is 12.1 Å². The van der Waals surface area contributed by atoms with E-state index in [2.05, 4.69) is 91.2 Å².